The normalized spacial score (nSPS) is 48.6. The smallest absolute Gasteiger partial charge is 0.169 e. The first-order valence-electron chi connectivity index (χ1n) is 5.22. The summed E-state index contributed by atoms with van der Waals surface area (Å²) in [5.74, 6) is 1.63. The largest absolute Gasteiger partial charge is 0.366 e. The Bertz CT molecular complexity index is 342. The first kappa shape index (κ1) is 8.42. The number of rotatable bonds is 1. The lowest BCUT2D eigenvalue weighted by Crippen LogP contribution is -2.55. The Hall–Kier alpha value is -0.890. The van der Waals surface area contributed by atoms with E-state index in [1.54, 1.807) is 7.11 Å². The van der Waals surface area contributed by atoms with Gasteiger partial charge in [-0.3, -0.25) is 4.79 Å². The molecule has 0 aromatic carbocycles. The van der Waals surface area contributed by atoms with Crippen LogP contribution >= 0.6 is 0 Å². The predicted molar refractivity (Wildman–Crippen MR) is 52.7 cm³/mol. The summed E-state index contributed by atoms with van der Waals surface area (Å²) in [7, 11) is 1.65. The minimum Gasteiger partial charge on any atom is -0.366 e. The molecule has 4 atom stereocenters. The summed E-state index contributed by atoms with van der Waals surface area (Å²) in [6.45, 7) is 0. The van der Waals surface area contributed by atoms with Crippen molar-refractivity contribution in [3.8, 4) is 0 Å². The van der Waals surface area contributed by atoms with Crippen LogP contribution in [0.25, 0.3) is 0 Å². The Morgan fingerprint density at radius 2 is 2.36 bits per heavy atom. The second kappa shape index (κ2) is 2.57. The molecule has 2 nitrogen and oxygen atoms in total. The van der Waals surface area contributed by atoms with Crippen LogP contribution in [0.4, 0.5) is 0 Å². The molecule has 74 valence electrons. The molecule has 4 aliphatic carbocycles. The summed E-state index contributed by atoms with van der Waals surface area (Å²) in [4.78, 5) is 11.9. The summed E-state index contributed by atoms with van der Waals surface area (Å²) >= 11 is 0. The Morgan fingerprint density at radius 3 is 3.07 bits per heavy atom. The third-order valence-electron chi connectivity index (χ3n) is 4.04. The number of methoxy groups -OCH3 is 1. The molecule has 4 rings (SSSR count). The van der Waals surface area contributed by atoms with Gasteiger partial charge in [0.1, 0.15) is 0 Å². The number of carbonyl (C=O) groups is 1. The van der Waals surface area contributed by atoms with E-state index in [9.17, 15) is 4.79 Å². The summed E-state index contributed by atoms with van der Waals surface area (Å²) in [6, 6.07) is 0. The number of fused-ring (bicyclic) bond motifs is 1. The number of hydrogen-bond acceptors (Lipinski definition) is 2. The third-order valence-corrected chi connectivity index (χ3v) is 4.04. The van der Waals surface area contributed by atoms with Gasteiger partial charge in [-0.1, -0.05) is 18.2 Å². The minimum atomic E-state index is -0.619. The van der Waals surface area contributed by atoms with Crippen LogP contribution in [0.15, 0.2) is 24.3 Å². The molecule has 0 N–H and O–H groups in total. The molecule has 0 saturated heterocycles. The zero-order valence-electron chi connectivity index (χ0n) is 8.27. The molecule has 0 unspecified atom stereocenters. The van der Waals surface area contributed by atoms with E-state index < -0.39 is 5.60 Å². The van der Waals surface area contributed by atoms with Crippen molar-refractivity contribution in [1.82, 2.24) is 0 Å². The topological polar surface area (TPSA) is 26.3 Å². The van der Waals surface area contributed by atoms with Crippen molar-refractivity contribution >= 4 is 5.78 Å². The minimum absolute atomic E-state index is 0.264. The molecule has 2 bridgehead atoms. The second-order valence-electron chi connectivity index (χ2n) is 4.50. The summed E-state index contributed by atoms with van der Waals surface area (Å²) in [6.07, 6.45) is 10.3. The van der Waals surface area contributed by atoms with Crippen LogP contribution in [0, 0.1) is 17.8 Å². The van der Waals surface area contributed by atoms with Crippen LogP contribution in [0.3, 0.4) is 0 Å². The van der Waals surface area contributed by atoms with Crippen molar-refractivity contribution in [2.45, 2.75) is 18.4 Å². The van der Waals surface area contributed by atoms with Gasteiger partial charge in [-0.05, 0) is 24.3 Å². The Balaban J connectivity index is 2.12. The zero-order chi connectivity index (χ0) is 9.76. The highest BCUT2D eigenvalue weighted by atomic mass is 16.5. The number of Topliss-reactive ketones (excluding diaryl/α,β-unsaturated/α-hetero) is 1. The van der Waals surface area contributed by atoms with Gasteiger partial charge in [0.05, 0.1) is 0 Å². The number of ether oxygens (including phenoxy) is 1. The van der Waals surface area contributed by atoms with Gasteiger partial charge in [0.15, 0.2) is 11.4 Å². The number of hydrogen-bond donors (Lipinski definition) is 0. The molecular weight excluding hydrogens is 176 g/mol. The molecule has 0 aliphatic heterocycles. The van der Waals surface area contributed by atoms with Gasteiger partial charge in [0.2, 0.25) is 0 Å². The first-order chi connectivity index (χ1) is 6.78. The Kier molecular flexibility index (Phi) is 1.55. The molecule has 0 heterocycles. The van der Waals surface area contributed by atoms with E-state index in [2.05, 4.69) is 18.2 Å². The maximum absolute atomic E-state index is 11.9. The maximum Gasteiger partial charge on any atom is 0.169 e. The monoisotopic (exact) mass is 190 g/mol. The van der Waals surface area contributed by atoms with Crippen molar-refractivity contribution in [3.05, 3.63) is 24.3 Å². The molecule has 0 aromatic heterocycles. The molecule has 1 saturated carbocycles. The number of carbonyl (C=O) groups excluding carboxylic acids is 1. The van der Waals surface area contributed by atoms with E-state index in [-0.39, 0.29) is 5.78 Å². The van der Waals surface area contributed by atoms with Crippen LogP contribution in [0.5, 0.6) is 0 Å². The molecule has 0 radical (unpaired) electrons. The molecule has 0 aromatic rings. The quantitative estimate of drug-likeness (QED) is 0.588. The average Bonchev–Trinajstić information content (AvgIpc) is 2.69. The molecule has 0 spiro atoms. The van der Waals surface area contributed by atoms with E-state index in [0.29, 0.717) is 24.2 Å². The number of ketones is 1. The zero-order valence-corrected chi connectivity index (χ0v) is 8.27. The third kappa shape index (κ3) is 0.782. The lowest BCUT2D eigenvalue weighted by molar-refractivity contribution is -0.150. The van der Waals surface area contributed by atoms with E-state index in [1.807, 2.05) is 6.08 Å². The molecule has 14 heavy (non-hydrogen) atoms. The van der Waals surface area contributed by atoms with Gasteiger partial charge in [-0.25, -0.2) is 0 Å². The molecule has 0 amide bonds. The second-order valence-corrected chi connectivity index (χ2v) is 4.50. The van der Waals surface area contributed by atoms with Crippen LogP contribution in [0.1, 0.15) is 12.8 Å². The van der Waals surface area contributed by atoms with Crippen LogP contribution in [0.2, 0.25) is 0 Å². The van der Waals surface area contributed by atoms with Crippen molar-refractivity contribution in [3.63, 3.8) is 0 Å². The predicted octanol–water partition coefficient (Wildman–Crippen LogP) is 1.72. The molecule has 1 fully saturated rings. The van der Waals surface area contributed by atoms with Gasteiger partial charge >= 0.3 is 0 Å². The van der Waals surface area contributed by atoms with Gasteiger partial charge in [0.25, 0.3) is 0 Å². The van der Waals surface area contributed by atoms with Crippen LogP contribution in [-0.4, -0.2) is 18.5 Å². The number of allylic oxidation sites excluding steroid dienone is 2. The van der Waals surface area contributed by atoms with Crippen molar-refractivity contribution in [2.75, 3.05) is 7.11 Å². The van der Waals surface area contributed by atoms with E-state index in [4.69, 9.17) is 4.74 Å². The van der Waals surface area contributed by atoms with Gasteiger partial charge in [0, 0.05) is 19.4 Å². The van der Waals surface area contributed by atoms with Crippen molar-refractivity contribution in [1.29, 1.82) is 0 Å². The van der Waals surface area contributed by atoms with Gasteiger partial charge in [-0.15, -0.1) is 0 Å². The summed E-state index contributed by atoms with van der Waals surface area (Å²) in [5, 5.41) is 0. The van der Waals surface area contributed by atoms with E-state index >= 15 is 0 Å². The molecule has 4 aliphatic rings. The fraction of sp³-hybridized carbons (Fsp3) is 0.583. The highest BCUT2D eigenvalue weighted by Crippen LogP contribution is 2.51. The SMILES string of the molecule is CO[C@@]12C=C[C@@H](CC1=O)[C@@H]1CC=C[C@@H]12. The van der Waals surface area contributed by atoms with Crippen LogP contribution in [-0.2, 0) is 9.53 Å². The Morgan fingerprint density at radius 1 is 1.50 bits per heavy atom. The highest BCUT2D eigenvalue weighted by Gasteiger charge is 2.56. The van der Waals surface area contributed by atoms with Crippen molar-refractivity contribution in [2.24, 2.45) is 17.8 Å². The van der Waals surface area contributed by atoms with Crippen molar-refractivity contribution < 1.29 is 9.53 Å². The summed E-state index contributed by atoms with van der Waals surface area (Å²) < 4.78 is 5.50. The lowest BCUT2D eigenvalue weighted by atomic mass is 9.60. The standard InChI is InChI=1S/C12H14O2/c1-14-12-6-5-8(7-11(12)13)9-3-2-4-10(9)12/h2,4-6,8-10H,3,7H2,1H3/t8-,9-,10-,12+/m0/s1. The summed E-state index contributed by atoms with van der Waals surface area (Å²) in [5.41, 5.74) is -0.619. The van der Waals surface area contributed by atoms with E-state index in [0.717, 1.165) is 6.42 Å². The fourth-order valence-electron chi connectivity index (χ4n) is 3.28. The molecular formula is C12H14O2. The average molecular weight is 190 g/mol. The Labute approximate surface area is 83.6 Å². The van der Waals surface area contributed by atoms with Crippen LogP contribution < -0.4 is 0 Å². The van der Waals surface area contributed by atoms with Gasteiger partial charge < -0.3 is 4.74 Å². The maximum atomic E-state index is 11.9. The first-order valence-corrected chi connectivity index (χ1v) is 5.22. The lowest BCUT2D eigenvalue weighted by Gasteiger charge is -2.47. The van der Waals surface area contributed by atoms with E-state index in [1.165, 1.54) is 0 Å². The van der Waals surface area contributed by atoms with Gasteiger partial charge in [-0.2, -0.15) is 0 Å². The highest BCUT2D eigenvalue weighted by molar-refractivity contribution is 5.93. The fourth-order valence-corrected chi connectivity index (χ4v) is 3.28. The molecule has 2 heteroatoms.